The van der Waals surface area contributed by atoms with Gasteiger partial charge in [-0.1, -0.05) is 12.1 Å². The van der Waals surface area contributed by atoms with Gasteiger partial charge in [0.2, 0.25) is 5.91 Å². The zero-order valence-electron chi connectivity index (χ0n) is 24.3. The van der Waals surface area contributed by atoms with Crippen LogP contribution in [0.1, 0.15) is 29.8 Å². The highest BCUT2D eigenvalue weighted by Gasteiger charge is 2.17. The average molecular weight is 554 g/mol. The van der Waals surface area contributed by atoms with Crippen molar-refractivity contribution in [3.63, 3.8) is 0 Å². The van der Waals surface area contributed by atoms with Gasteiger partial charge in [0, 0.05) is 42.4 Å². The molecule has 0 spiro atoms. The molecule has 0 fully saturated rings. The minimum Gasteiger partial charge on any atom is -0.457 e. The lowest BCUT2D eigenvalue weighted by molar-refractivity contribution is -0.116. The normalized spacial score (nSPS) is 11.4. The summed E-state index contributed by atoms with van der Waals surface area (Å²) in [5, 5.41) is 10.9. The number of pyridine rings is 1. The van der Waals surface area contributed by atoms with Crippen LogP contribution in [-0.4, -0.2) is 56.2 Å². The standard InChI is InChI=1S/C31H35N7O3/c1-18-12-21(25-17-38(6)31(40)29-24(25)16-27(34-29)30-32-20(3)35-36-30)14-23(13-18)41-22-10-9-19(2)26(15-22)33-28(39)8-7-11-37(4)5/h9-10,12-17,34H,7-8,11H2,1-6H3,(H,33,39)(H,32,35,36). The Kier molecular flexibility index (Phi) is 7.76. The molecule has 5 aromatic rings. The second kappa shape index (κ2) is 11.4. The van der Waals surface area contributed by atoms with Crippen LogP contribution in [-0.2, 0) is 11.8 Å². The molecule has 0 aliphatic carbocycles. The van der Waals surface area contributed by atoms with Gasteiger partial charge < -0.3 is 24.5 Å². The maximum Gasteiger partial charge on any atom is 0.274 e. The second-order valence-electron chi connectivity index (χ2n) is 10.7. The van der Waals surface area contributed by atoms with Crippen molar-refractivity contribution in [2.45, 2.75) is 33.6 Å². The van der Waals surface area contributed by atoms with Gasteiger partial charge in [-0.2, -0.15) is 5.10 Å². The van der Waals surface area contributed by atoms with Crippen molar-refractivity contribution >= 4 is 22.5 Å². The zero-order chi connectivity index (χ0) is 29.3. The topological polar surface area (TPSA) is 121 Å². The first-order valence-electron chi connectivity index (χ1n) is 13.5. The summed E-state index contributed by atoms with van der Waals surface area (Å²) in [5.41, 5.74) is 5.47. The Bertz CT molecular complexity index is 1800. The summed E-state index contributed by atoms with van der Waals surface area (Å²) in [6.07, 6.45) is 3.08. The summed E-state index contributed by atoms with van der Waals surface area (Å²) in [7, 11) is 5.73. The van der Waals surface area contributed by atoms with Crippen molar-refractivity contribution in [2.24, 2.45) is 7.05 Å². The van der Waals surface area contributed by atoms with Crippen molar-refractivity contribution in [2.75, 3.05) is 26.0 Å². The third-order valence-electron chi connectivity index (χ3n) is 6.89. The number of aromatic nitrogens is 5. The van der Waals surface area contributed by atoms with Gasteiger partial charge in [-0.3, -0.25) is 14.7 Å². The number of amides is 1. The van der Waals surface area contributed by atoms with Crippen LogP contribution in [0.5, 0.6) is 11.5 Å². The molecule has 0 aliphatic heterocycles. The Labute approximate surface area is 238 Å². The fourth-order valence-corrected chi connectivity index (χ4v) is 4.81. The maximum absolute atomic E-state index is 13.0. The number of nitrogens with zero attached hydrogens (tertiary/aromatic N) is 4. The summed E-state index contributed by atoms with van der Waals surface area (Å²) in [4.78, 5) is 35.2. The van der Waals surface area contributed by atoms with Crippen molar-refractivity contribution < 1.29 is 9.53 Å². The molecule has 212 valence electrons. The molecule has 3 aromatic heterocycles. The minimum absolute atomic E-state index is 0.0188. The first-order chi connectivity index (χ1) is 19.6. The maximum atomic E-state index is 13.0. The highest BCUT2D eigenvalue weighted by Crippen LogP contribution is 2.34. The van der Waals surface area contributed by atoms with Crippen LogP contribution in [0, 0.1) is 20.8 Å². The molecule has 0 saturated heterocycles. The van der Waals surface area contributed by atoms with Crippen LogP contribution in [0.2, 0.25) is 0 Å². The third-order valence-corrected chi connectivity index (χ3v) is 6.89. The first-order valence-corrected chi connectivity index (χ1v) is 13.5. The van der Waals surface area contributed by atoms with E-state index in [2.05, 4.69) is 36.4 Å². The highest BCUT2D eigenvalue weighted by atomic mass is 16.5. The van der Waals surface area contributed by atoms with Crippen molar-refractivity contribution in [1.29, 1.82) is 0 Å². The molecule has 0 saturated carbocycles. The van der Waals surface area contributed by atoms with Crippen LogP contribution in [0.15, 0.2) is 53.5 Å². The van der Waals surface area contributed by atoms with Crippen LogP contribution in [0.4, 0.5) is 5.69 Å². The lowest BCUT2D eigenvalue weighted by Gasteiger charge is -2.14. The number of hydrogen-bond donors (Lipinski definition) is 3. The van der Waals surface area contributed by atoms with Gasteiger partial charge in [0.05, 0.1) is 5.69 Å². The fourth-order valence-electron chi connectivity index (χ4n) is 4.81. The number of fused-ring (bicyclic) bond motifs is 1. The summed E-state index contributed by atoms with van der Waals surface area (Å²) < 4.78 is 7.86. The molecule has 10 heteroatoms. The van der Waals surface area contributed by atoms with E-state index in [9.17, 15) is 9.59 Å². The van der Waals surface area contributed by atoms with Gasteiger partial charge in [0.25, 0.3) is 5.56 Å². The predicted molar refractivity (Wildman–Crippen MR) is 161 cm³/mol. The number of anilines is 1. The van der Waals surface area contributed by atoms with Gasteiger partial charge in [-0.05, 0) is 88.8 Å². The van der Waals surface area contributed by atoms with E-state index in [1.54, 1.807) is 11.6 Å². The molecular weight excluding hydrogens is 518 g/mol. The molecule has 10 nitrogen and oxygen atoms in total. The van der Waals surface area contributed by atoms with E-state index in [1.165, 1.54) is 0 Å². The van der Waals surface area contributed by atoms with Gasteiger partial charge in [-0.15, -0.1) is 0 Å². The van der Waals surface area contributed by atoms with Gasteiger partial charge >= 0.3 is 0 Å². The lowest BCUT2D eigenvalue weighted by atomic mass is 10.0. The van der Waals surface area contributed by atoms with Crippen LogP contribution < -0.4 is 15.6 Å². The molecular formula is C31H35N7O3. The van der Waals surface area contributed by atoms with E-state index in [0.29, 0.717) is 40.8 Å². The molecule has 0 unspecified atom stereocenters. The molecule has 0 radical (unpaired) electrons. The molecule has 0 aliphatic rings. The SMILES string of the molecule is Cc1cc(Oc2ccc(C)c(NC(=O)CCCN(C)C)c2)cc(-c2cn(C)c(=O)c3[nH]c(-c4n[nH]c(C)n4)cc23)c1. The van der Waals surface area contributed by atoms with Crippen LogP contribution in [0.3, 0.4) is 0 Å². The minimum atomic E-state index is -0.137. The number of aromatic amines is 2. The van der Waals surface area contributed by atoms with E-state index >= 15 is 0 Å². The smallest absolute Gasteiger partial charge is 0.274 e. The molecule has 0 bridgehead atoms. The van der Waals surface area contributed by atoms with E-state index in [0.717, 1.165) is 46.3 Å². The number of benzene rings is 2. The number of ether oxygens (including phenoxy) is 1. The quantitative estimate of drug-likeness (QED) is 0.227. The summed E-state index contributed by atoms with van der Waals surface area (Å²) in [5.74, 6) is 2.43. The number of rotatable bonds is 9. The first kappa shape index (κ1) is 27.9. The van der Waals surface area contributed by atoms with E-state index in [1.807, 2.05) is 77.5 Å². The largest absolute Gasteiger partial charge is 0.457 e. The zero-order valence-corrected chi connectivity index (χ0v) is 24.3. The number of H-pyrrole nitrogens is 2. The monoisotopic (exact) mass is 553 g/mol. The Morgan fingerprint density at radius 2 is 1.88 bits per heavy atom. The lowest BCUT2D eigenvalue weighted by Crippen LogP contribution is -2.17. The van der Waals surface area contributed by atoms with E-state index in [-0.39, 0.29) is 11.5 Å². The Morgan fingerprint density at radius 1 is 1.07 bits per heavy atom. The molecule has 3 N–H and O–H groups in total. The summed E-state index contributed by atoms with van der Waals surface area (Å²) in [6.45, 7) is 6.65. The second-order valence-corrected chi connectivity index (χ2v) is 10.7. The Morgan fingerprint density at radius 3 is 2.61 bits per heavy atom. The molecule has 5 rings (SSSR count). The Balaban J connectivity index is 1.45. The van der Waals surface area contributed by atoms with Gasteiger partial charge in [0.15, 0.2) is 5.82 Å². The fraction of sp³-hybridized carbons (Fsp3) is 0.290. The van der Waals surface area contributed by atoms with E-state index in [4.69, 9.17) is 4.74 Å². The summed E-state index contributed by atoms with van der Waals surface area (Å²) in [6, 6.07) is 13.6. The highest BCUT2D eigenvalue weighted by molar-refractivity contribution is 5.97. The molecule has 2 aromatic carbocycles. The molecule has 1 amide bonds. The van der Waals surface area contributed by atoms with Crippen LogP contribution in [0.25, 0.3) is 33.5 Å². The third kappa shape index (κ3) is 6.22. The van der Waals surface area contributed by atoms with Crippen molar-refractivity contribution in [1.82, 2.24) is 29.6 Å². The predicted octanol–water partition coefficient (Wildman–Crippen LogP) is 5.32. The number of carbonyl (C=O) groups is 1. The number of carbonyl (C=O) groups excluding carboxylic acids is 1. The van der Waals surface area contributed by atoms with Crippen LogP contribution >= 0.6 is 0 Å². The molecule has 41 heavy (non-hydrogen) atoms. The molecule has 0 atom stereocenters. The van der Waals surface area contributed by atoms with Crippen molar-refractivity contribution in [3.05, 3.63) is 76.0 Å². The number of aryl methyl sites for hydroxylation is 4. The molecule has 3 heterocycles. The number of hydrogen-bond acceptors (Lipinski definition) is 6. The van der Waals surface area contributed by atoms with Gasteiger partial charge in [-0.25, -0.2) is 4.98 Å². The van der Waals surface area contributed by atoms with E-state index < -0.39 is 0 Å². The average Bonchev–Trinajstić information content (AvgIpc) is 3.54. The Hall–Kier alpha value is -4.70. The van der Waals surface area contributed by atoms with Gasteiger partial charge in [0.1, 0.15) is 22.8 Å². The summed E-state index contributed by atoms with van der Waals surface area (Å²) >= 11 is 0. The number of nitrogens with one attached hydrogen (secondary N) is 3. The van der Waals surface area contributed by atoms with Crippen molar-refractivity contribution in [3.8, 4) is 34.1 Å².